The van der Waals surface area contributed by atoms with Crippen molar-refractivity contribution in [3.8, 4) is 5.69 Å². The maximum absolute atomic E-state index is 15.3. The standard InChI is InChI=1S/C31H36F2N4O3S/c1-18-8-6-10-24(19(18)2)37-30-27(29(35-37)31(3,4)5)28(22-12-11-20(32)14-23(22)33)41-17-26(39)36(30)16-25(38)34-15-21-9-7-13-40-21/h6,8,10-12,14,21,28H,7,9,13,15-17H2,1-5H3,(H,34,38)/t21-,28-/m1/s1. The van der Waals surface area contributed by atoms with E-state index in [0.717, 1.165) is 35.7 Å². The average molecular weight is 583 g/mol. The molecule has 3 heterocycles. The quantitative estimate of drug-likeness (QED) is 0.414. The van der Waals surface area contributed by atoms with Crippen LogP contribution in [0.3, 0.4) is 0 Å². The number of hydrogen-bond donors (Lipinski definition) is 1. The first kappa shape index (κ1) is 29.3. The van der Waals surface area contributed by atoms with Crippen LogP contribution in [0.15, 0.2) is 36.4 Å². The van der Waals surface area contributed by atoms with Gasteiger partial charge in [-0.15, -0.1) is 11.8 Å². The highest BCUT2D eigenvalue weighted by atomic mass is 32.2. The van der Waals surface area contributed by atoms with Crippen LogP contribution in [0, 0.1) is 25.5 Å². The van der Waals surface area contributed by atoms with Crippen molar-refractivity contribution in [3.63, 3.8) is 0 Å². The van der Waals surface area contributed by atoms with E-state index in [1.54, 1.807) is 4.68 Å². The van der Waals surface area contributed by atoms with E-state index >= 15 is 4.39 Å². The Morgan fingerprint density at radius 3 is 2.66 bits per heavy atom. The Balaban J connectivity index is 1.70. The molecule has 5 rings (SSSR count). The summed E-state index contributed by atoms with van der Waals surface area (Å²) >= 11 is 1.26. The minimum absolute atomic E-state index is 0.00552. The Labute approximate surface area is 243 Å². The van der Waals surface area contributed by atoms with Gasteiger partial charge in [0.1, 0.15) is 24.0 Å². The molecule has 1 N–H and O–H groups in total. The van der Waals surface area contributed by atoms with Crippen molar-refractivity contribution in [2.45, 2.75) is 64.2 Å². The predicted octanol–water partition coefficient (Wildman–Crippen LogP) is 5.53. The number of nitrogens with zero attached hydrogens (tertiary/aromatic N) is 3. The van der Waals surface area contributed by atoms with Gasteiger partial charge in [-0.05, 0) is 49.9 Å². The highest BCUT2D eigenvalue weighted by molar-refractivity contribution is 8.00. The van der Waals surface area contributed by atoms with E-state index in [1.807, 2.05) is 52.8 Å². The molecule has 1 fully saturated rings. The molecule has 0 bridgehead atoms. The zero-order valence-corrected chi connectivity index (χ0v) is 24.9. The second kappa shape index (κ2) is 11.6. The van der Waals surface area contributed by atoms with E-state index in [1.165, 1.54) is 28.8 Å². The number of carbonyl (C=O) groups excluding carboxylic acids is 2. The second-order valence-corrected chi connectivity index (χ2v) is 12.8. The first-order chi connectivity index (χ1) is 19.5. The maximum atomic E-state index is 15.3. The van der Waals surface area contributed by atoms with Gasteiger partial charge in [0.2, 0.25) is 11.8 Å². The average Bonchev–Trinajstić information content (AvgIpc) is 3.54. The second-order valence-electron chi connectivity index (χ2n) is 11.7. The zero-order chi connectivity index (χ0) is 29.5. The normalized spacial score (nSPS) is 19.3. The van der Waals surface area contributed by atoms with E-state index in [-0.39, 0.29) is 35.8 Å². The number of carbonyl (C=O) groups is 2. The minimum Gasteiger partial charge on any atom is -0.376 e. The summed E-state index contributed by atoms with van der Waals surface area (Å²) in [5.41, 5.74) is 3.86. The zero-order valence-electron chi connectivity index (χ0n) is 24.1. The first-order valence-corrected chi connectivity index (χ1v) is 15.0. The molecule has 2 aromatic carbocycles. The molecule has 218 valence electrons. The summed E-state index contributed by atoms with van der Waals surface area (Å²) < 4.78 is 36.6. The molecule has 1 aromatic heterocycles. The van der Waals surface area contributed by atoms with Gasteiger partial charge >= 0.3 is 0 Å². The van der Waals surface area contributed by atoms with Gasteiger partial charge in [0, 0.05) is 35.8 Å². The van der Waals surface area contributed by atoms with Crippen LogP contribution < -0.4 is 10.2 Å². The molecule has 2 atom stereocenters. The number of ether oxygens (including phenoxy) is 1. The molecule has 10 heteroatoms. The monoisotopic (exact) mass is 582 g/mol. The van der Waals surface area contributed by atoms with Crippen LogP contribution in [0.4, 0.5) is 14.6 Å². The van der Waals surface area contributed by atoms with E-state index in [4.69, 9.17) is 9.84 Å². The molecule has 7 nitrogen and oxygen atoms in total. The van der Waals surface area contributed by atoms with Crippen LogP contribution in [0.5, 0.6) is 0 Å². The van der Waals surface area contributed by atoms with Gasteiger partial charge in [-0.3, -0.25) is 14.5 Å². The Hall–Kier alpha value is -3.24. The molecule has 3 aromatic rings. The molecule has 0 saturated carbocycles. The van der Waals surface area contributed by atoms with Crippen molar-refractivity contribution in [2.75, 3.05) is 30.3 Å². The predicted molar refractivity (Wildman–Crippen MR) is 157 cm³/mol. The molecular formula is C31H36F2N4O3S. The van der Waals surface area contributed by atoms with Crippen LogP contribution in [0.2, 0.25) is 0 Å². The van der Waals surface area contributed by atoms with Gasteiger partial charge in [-0.1, -0.05) is 39.0 Å². The lowest BCUT2D eigenvalue weighted by molar-refractivity contribution is -0.123. The number of aryl methyl sites for hydroxylation is 1. The lowest BCUT2D eigenvalue weighted by atomic mass is 9.87. The molecule has 0 unspecified atom stereocenters. The third kappa shape index (κ3) is 5.90. The largest absolute Gasteiger partial charge is 0.376 e. The van der Waals surface area contributed by atoms with Crippen molar-refractivity contribution in [2.24, 2.45) is 0 Å². The summed E-state index contributed by atoms with van der Waals surface area (Å²) in [6.45, 7) is 10.8. The summed E-state index contributed by atoms with van der Waals surface area (Å²) in [7, 11) is 0. The SMILES string of the molecule is Cc1cccc(-n2nc(C(C)(C)C)c3c2N(CC(=O)NC[C@H]2CCCO2)C(=O)CS[C@@H]3c2ccc(F)cc2F)c1C. The van der Waals surface area contributed by atoms with Crippen molar-refractivity contribution < 1.29 is 23.1 Å². The Bertz CT molecular complexity index is 1480. The number of benzene rings is 2. The molecule has 1 saturated heterocycles. The van der Waals surface area contributed by atoms with Gasteiger partial charge < -0.3 is 10.1 Å². The van der Waals surface area contributed by atoms with Gasteiger partial charge in [0.05, 0.1) is 28.5 Å². The van der Waals surface area contributed by atoms with Crippen molar-refractivity contribution in [1.82, 2.24) is 15.1 Å². The summed E-state index contributed by atoms with van der Waals surface area (Å²) in [4.78, 5) is 28.5. The number of halogens is 2. The number of nitrogens with one attached hydrogen (secondary N) is 1. The fourth-order valence-electron chi connectivity index (χ4n) is 5.40. The third-order valence-electron chi connectivity index (χ3n) is 7.70. The molecular weight excluding hydrogens is 546 g/mol. The number of aromatic nitrogens is 2. The summed E-state index contributed by atoms with van der Waals surface area (Å²) in [5.74, 6) is -1.54. The smallest absolute Gasteiger partial charge is 0.240 e. The Morgan fingerprint density at radius 1 is 1.20 bits per heavy atom. The number of amides is 2. The van der Waals surface area contributed by atoms with Crippen LogP contribution >= 0.6 is 11.8 Å². The number of thioether (sulfide) groups is 1. The Kier molecular flexibility index (Phi) is 8.25. The topological polar surface area (TPSA) is 76.5 Å². The van der Waals surface area contributed by atoms with Gasteiger partial charge in [-0.2, -0.15) is 5.10 Å². The van der Waals surface area contributed by atoms with Gasteiger partial charge in [0.15, 0.2) is 0 Å². The van der Waals surface area contributed by atoms with Crippen molar-refractivity contribution in [1.29, 1.82) is 0 Å². The summed E-state index contributed by atoms with van der Waals surface area (Å²) in [6, 6.07) is 9.37. The highest BCUT2D eigenvalue weighted by Crippen LogP contribution is 2.49. The van der Waals surface area contributed by atoms with Gasteiger partial charge in [0.25, 0.3) is 0 Å². The molecule has 2 aliphatic rings. The van der Waals surface area contributed by atoms with E-state index in [2.05, 4.69) is 5.32 Å². The third-order valence-corrected chi connectivity index (χ3v) is 8.94. The van der Waals surface area contributed by atoms with E-state index in [0.29, 0.717) is 30.2 Å². The molecule has 0 aliphatic carbocycles. The first-order valence-electron chi connectivity index (χ1n) is 13.9. The highest BCUT2D eigenvalue weighted by Gasteiger charge is 2.41. The number of rotatable bonds is 6. The van der Waals surface area contributed by atoms with Crippen LogP contribution in [-0.4, -0.2) is 53.1 Å². The fourth-order valence-corrected chi connectivity index (χ4v) is 6.62. The maximum Gasteiger partial charge on any atom is 0.240 e. The fraction of sp³-hybridized carbons (Fsp3) is 0.452. The summed E-state index contributed by atoms with van der Waals surface area (Å²) in [6.07, 6.45) is 1.80. The number of fused-ring (bicyclic) bond motifs is 1. The summed E-state index contributed by atoms with van der Waals surface area (Å²) in [5, 5.41) is 7.33. The lowest BCUT2D eigenvalue weighted by Gasteiger charge is -2.25. The van der Waals surface area contributed by atoms with Crippen molar-refractivity contribution in [3.05, 3.63) is 76.0 Å². The van der Waals surface area contributed by atoms with Crippen LogP contribution in [0.1, 0.15) is 66.8 Å². The van der Waals surface area contributed by atoms with E-state index in [9.17, 15) is 14.0 Å². The van der Waals surface area contributed by atoms with E-state index < -0.39 is 22.3 Å². The number of anilines is 1. The number of hydrogen-bond acceptors (Lipinski definition) is 5. The molecule has 41 heavy (non-hydrogen) atoms. The molecule has 0 spiro atoms. The van der Waals surface area contributed by atoms with Crippen LogP contribution in [0.25, 0.3) is 5.69 Å². The van der Waals surface area contributed by atoms with Crippen molar-refractivity contribution >= 4 is 29.4 Å². The Morgan fingerprint density at radius 2 is 1.98 bits per heavy atom. The molecule has 2 amide bonds. The lowest BCUT2D eigenvalue weighted by Crippen LogP contribution is -2.44. The van der Waals surface area contributed by atoms with Gasteiger partial charge in [-0.25, -0.2) is 13.5 Å². The minimum atomic E-state index is -0.692. The van der Waals surface area contributed by atoms with Crippen LogP contribution in [-0.2, 0) is 19.7 Å². The molecule has 0 radical (unpaired) electrons. The molecule has 2 aliphatic heterocycles.